The smallest absolute Gasteiger partial charge is 0.308 e. The highest BCUT2D eigenvalue weighted by Crippen LogP contribution is 2.52. The van der Waals surface area contributed by atoms with Gasteiger partial charge in [-0.25, -0.2) is 0 Å². The summed E-state index contributed by atoms with van der Waals surface area (Å²) in [6, 6.07) is 24.8. The third-order valence-corrected chi connectivity index (χ3v) is 10.2. The molecule has 3 rings (SSSR count). The Hall–Kier alpha value is -2.61. The van der Waals surface area contributed by atoms with Gasteiger partial charge in [-0.2, -0.15) is 0 Å². The molecule has 0 spiro atoms. The van der Waals surface area contributed by atoms with Crippen LogP contribution < -0.4 is 4.74 Å². The van der Waals surface area contributed by atoms with Gasteiger partial charge in [0.15, 0.2) is 0 Å². The molecule has 3 aromatic carbocycles. The summed E-state index contributed by atoms with van der Waals surface area (Å²) in [4.78, 5) is 10.8. The van der Waals surface area contributed by atoms with Crippen LogP contribution >= 0.6 is 0 Å². The van der Waals surface area contributed by atoms with Crippen molar-refractivity contribution in [2.75, 3.05) is 0 Å². The zero-order valence-electron chi connectivity index (χ0n) is 28.2. The molecule has 0 aliphatic heterocycles. The van der Waals surface area contributed by atoms with Crippen LogP contribution in [0, 0.1) is 16.7 Å². The van der Waals surface area contributed by atoms with Gasteiger partial charge in [0.25, 0.3) is 0 Å². The van der Waals surface area contributed by atoms with Crippen LogP contribution in [0.25, 0.3) is 10.8 Å². The van der Waals surface area contributed by atoms with Crippen molar-refractivity contribution in [3.05, 3.63) is 78.4 Å². The van der Waals surface area contributed by atoms with Crippen molar-refractivity contribution in [2.45, 2.75) is 132 Å². The minimum absolute atomic E-state index is 0.290. The Kier molecular flexibility index (Phi) is 15.4. The average molecular weight is 573 g/mol. The SMILES string of the molecule is CC(=O)Oc1cccc2ccccc12.CCCC(CC)CC(CC)(CC(CC)c1ccccc1)CC(CC)(CC)CC. The summed E-state index contributed by atoms with van der Waals surface area (Å²) < 4.78 is 5.09. The van der Waals surface area contributed by atoms with E-state index in [2.05, 4.69) is 78.8 Å². The normalized spacial score (nSPS) is 14.4. The van der Waals surface area contributed by atoms with Gasteiger partial charge in [-0.05, 0) is 65.4 Å². The Morgan fingerprint density at radius 3 is 1.83 bits per heavy atom. The van der Waals surface area contributed by atoms with E-state index in [-0.39, 0.29) is 5.97 Å². The standard InChI is InChI=1S/C28H50.C12H10O2/c1-8-18-24(9-2)21-28(14-7,23-27(11-4,12-5)13-6)22-25(10-3)26-19-16-15-17-20-26;1-9(13)14-12-8-4-6-10-5-2-3-7-11(10)12/h15-17,19-20,24-25H,8-14,18,21-23H2,1-7H3;2-8H,1H3. The summed E-state index contributed by atoms with van der Waals surface area (Å²) in [6.45, 7) is 18.4. The van der Waals surface area contributed by atoms with Gasteiger partial charge in [0.2, 0.25) is 0 Å². The van der Waals surface area contributed by atoms with Crippen LogP contribution in [0.5, 0.6) is 5.75 Å². The van der Waals surface area contributed by atoms with Gasteiger partial charge in [0, 0.05) is 12.3 Å². The molecular formula is C40H60O2. The van der Waals surface area contributed by atoms with Crippen LogP contribution in [0.1, 0.15) is 138 Å². The first-order valence-corrected chi connectivity index (χ1v) is 17.0. The lowest BCUT2D eigenvalue weighted by molar-refractivity contribution is -0.131. The van der Waals surface area contributed by atoms with E-state index in [9.17, 15) is 4.79 Å². The highest BCUT2D eigenvalue weighted by atomic mass is 16.5. The molecule has 0 saturated heterocycles. The lowest BCUT2D eigenvalue weighted by Gasteiger charge is -2.46. The van der Waals surface area contributed by atoms with Crippen LogP contribution in [0.2, 0.25) is 0 Å². The minimum atomic E-state index is -0.290. The van der Waals surface area contributed by atoms with E-state index in [0.29, 0.717) is 22.5 Å². The molecular weight excluding hydrogens is 512 g/mol. The first kappa shape index (κ1) is 35.6. The molecule has 0 saturated carbocycles. The van der Waals surface area contributed by atoms with Gasteiger partial charge < -0.3 is 4.74 Å². The number of ether oxygens (including phenoxy) is 1. The monoisotopic (exact) mass is 572 g/mol. The van der Waals surface area contributed by atoms with Crippen molar-refractivity contribution < 1.29 is 9.53 Å². The number of hydrogen-bond acceptors (Lipinski definition) is 2. The second-order valence-electron chi connectivity index (χ2n) is 12.6. The Bertz CT molecular complexity index is 1150. The third-order valence-electron chi connectivity index (χ3n) is 10.2. The molecule has 0 heterocycles. The number of esters is 1. The molecule has 0 fully saturated rings. The summed E-state index contributed by atoms with van der Waals surface area (Å²) in [5.74, 6) is 1.92. The number of carbonyl (C=O) groups excluding carboxylic acids is 1. The van der Waals surface area contributed by atoms with Gasteiger partial charge in [-0.3, -0.25) is 4.79 Å². The van der Waals surface area contributed by atoms with Crippen molar-refractivity contribution in [1.82, 2.24) is 0 Å². The largest absolute Gasteiger partial charge is 0.426 e. The molecule has 2 heteroatoms. The van der Waals surface area contributed by atoms with E-state index >= 15 is 0 Å². The number of rotatable bonds is 16. The van der Waals surface area contributed by atoms with Gasteiger partial charge in [-0.15, -0.1) is 0 Å². The molecule has 3 unspecified atom stereocenters. The van der Waals surface area contributed by atoms with Crippen molar-refractivity contribution in [2.24, 2.45) is 16.7 Å². The second-order valence-corrected chi connectivity index (χ2v) is 12.6. The second kappa shape index (κ2) is 18.1. The molecule has 0 bridgehead atoms. The molecule has 0 aliphatic carbocycles. The van der Waals surface area contributed by atoms with Crippen LogP contribution in [-0.2, 0) is 4.79 Å². The lowest BCUT2D eigenvalue weighted by atomic mass is 9.59. The third kappa shape index (κ3) is 10.3. The number of benzene rings is 3. The van der Waals surface area contributed by atoms with Crippen LogP contribution in [-0.4, -0.2) is 5.97 Å². The van der Waals surface area contributed by atoms with E-state index in [1.807, 2.05) is 36.4 Å². The van der Waals surface area contributed by atoms with Gasteiger partial charge in [0.1, 0.15) is 5.75 Å². The first-order valence-electron chi connectivity index (χ1n) is 17.0. The molecule has 0 aliphatic rings. The topological polar surface area (TPSA) is 26.3 Å². The van der Waals surface area contributed by atoms with Crippen LogP contribution in [0.4, 0.5) is 0 Å². The van der Waals surface area contributed by atoms with Gasteiger partial charge in [-0.1, -0.05) is 160 Å². The van der Waals surface area contributed by atoms with E-state index in [1.54, 1.807) is 11.6 Å². The molecule has 0 N–H and O–H groups in total. The fraction of sp³-hybridized carbons (Fsp3) is 0.575. The van der Waals surface area contributed by atoms with E-state index in [4.69, 9.17) is 4.74 Å². The maximum atomic E-state index is 10.8. The quantitative estimate of drug-likeness (QED) is 0.126. The Balaban J connectivity index is 0.000000363. The predicted molar refractivity (Wildman–Crippen MR) is 183 cm³/mol. The molecule has 2 nitrogen and oxygen atoms in total. The number of fused-ring (bicyclic) bond motifs is 1. The summed E-state index contributed by atoms with van der Waals surface area (Å²) in [5, 5.41) is 2.04. The average Bonchev–Trinajstić information content (AvgIpc) is 3.03. The predicted octanol–water partition coefficient (Wildman–Crippen LogP) is 12.6. The zero-order valence-corrected chi connectivity index (χ0v) is 28.2. The van der Waals surface area contributed by atoms with Gasteiger partial charge >= 0.3 is 5.97 Å². The van der Waals surface area contributed by atoms with E-state index < -0.39 is 0 Å². The Morgan fingerprint density at radius 1 is 0.690 bits per heavy atom. The molecule has 232 valence electrons. The van der Waals surface area contributed by atoms with Gasteiger partial charge in [0.05, 0.1) is 0 Å². The molecule has 42 heavy (non-hydrogen) atoms. The summed E-state index contributed by atoms with van der Waals surface area (Å²) in [5.41, 5.74) is 2.56. The summed E-state index contributed by atoms with van der Waals surface area (Å²) in [6.07, 6.45) is 14.9. The summed E-state index contributed by atoms with van der Waals surface area (Å²) >= 11 is 0. The highest BCUT2D eigenvalue weighted by Gasteiger charge is 2.40. The molecule has 3 aromatic rings. The molecule has 0 radical (unpaired) electrons. The zero-order chi connectivity index (χ0) is 31.0. The van der Waals surface area contributed by atoms with E-state index in [1.165, 1.54) is 77.6 Å². The Labute approximate surface area is 258 Å². The van der Waals surface area contributed by atoms with Crippen molar-refractivity contribution in [3.8, 4) is 5.75 Å². The summed E-state index contributed by atoms with van der Waals surface area (Å²) in [7, 11) is 0. The highest BCUT2D eigenvalue weighted by molar-refractivity contribution is 5.90. The number of hydrogen-bond donors (Lipinski definition) is 0. The fourth-order valence-corrected chi connectivity index (χ4v) is 7.22. The van der Waals surface area contributed by atoms with Crippen molar-refractivity contribution in [3.63, 3.8) is 0 Å². The molecule has 3 atom stereocenters. The molecule has 0 amide bonds. The van der Waals surface area contributed by atoms with Crippen molar-refractivity contribution in [1.29, 1.82) is 0 Å². The maximum absolute atomic E-state index is 10.8. The minimum Gasteiger partial charge on any atom is -0.426 e. The molecule has 0 aromatic heterocycles. The van der Waals surface area contributed by atoms with Crippen molar-refractivity contribution >= 4 is 16.7 Å². The maximum Gasteiger partial charge on any atom is 0.308 e. The Morgan fingerprint density at radius 2 is 1.29 bits per heavy atom. The number of carbonyl (C=O) groups is 1. The lowest BCUT2D eigenvalue weighted by Crippen LogP contribution is -2.34. The first-order chi connectivity index (χ1) is 20.2. The fourth-order valence-electron chi connectivity index (χ4n) is 7.22. The van der Waals surface area contributed by atoms with E-state index in [0.717, 1.165) is 16.7 Å². The van der Waals surface area contributed by atoms with Crippen LogP contribution in [0.3, 0.4) is 0 Å². The van der Waals surface area contributed by atoms with Crippen LogP contribution in [0.15, 0.2) is 72.8 Å².